The number of halogens is 1. The van der Waals surface area contributed by atoms with Crippen molar-refractivity contribution in [2.45, 2.75) is 82.6 Å². The molecule has 4 nitrogen and oxygen atoms in total. The minimum Gasteiger partial charge on any atom is -0.387 e. The van der Waals surface area contributed by atoms with Gasteiger partial charge in [0.05, 0.1) is 6.10 Å². The Labute approximate surface area is 190 Å². The highest BCUT2D eigenvalue weighted by atomic mass is 19.1. The highest BCUT2D eigenvalue weighted by molar-refractivity contribution is 5.73. The Morgan fingerprint density at radius 2 is 1.81 bits per heavy atom. The summed E-state index contributed by atoms with van der Waals surface area (Å²) in [5.41, 5.74) is 1.83. The highest BCUT2D eigenvalue weighted by Gasteiger charge is 2.33. The first-order chi connectivity index (χ1) is 15.5. The Morgan fingerprint density at radius 1 is 1.06 bits per heavy atom. The van der Waals surface area contributed by atoms with Crippen molar-refractivity contribution in [3.05, 3.63) is 71.5 Å². The maximum Gasteiger partial charge on any atom is 0.219 e. The number of carbonyl (C=O) groups is 1. The molecule has 1 saturated heterocycles. The smallest absolute Gasteiger partial charge is 0.219 e. The number of aliphatic hydroxyl groups is 1. The molecular weight excluding hydrogens is 403 g/mol. The van der Waals surface area contributed by atoms with Gasteiger partial charge in [0.1, 0.15) is 5.82 Å². The lowest BCUT2D eigenvalue weighted by atomic mass is 9.81. The highest BCUT2D eigenvalue weighted by Crippen LogP contribution is 2.34. The van der Waals surface area contributed by atoms with Crippen molar-refractivity contribution in [1.82, 2.24) is 10.2 Å². The van der Waals surface area contributed by atoms with Crippen LogP contribution in [0.2, 0.25) is 0 Å². The van der Waals surface area contributed by atoms with Crippen LogP contribution in [0.15, 0.2) is 54.6 Å². The maximum atomic E-state index is 13.5. The molecule has 0 spiro atoms. The van der Waals surface area contributed by atoms with Gasteiger partial charge in [-0.1, -0.05) is 42.5 Å². The third kappa shape index (κ3) is 5.76. The Hall–Kier alpha value is -2.24. The van der Waals surface area contributed by atoms with Gasteiger partial charge in [0.2, 0.25) is 5.91 Å². The molecule has 2 N–H and O–H groups in total. The first-order valence-electron chi connectivity index (χ1n) is 12.0. The molecule has 1 aliphatic heterocycles. The van der Waals surface area contributed by atoms with E-state index < -0.39 is 6.10 Å². The average Bonchev–Trinajstić information content (AvgIpc) is 3.26. The summed E-state index contributed by atoms with van der Waals surface area (Å²) < 4.78 is 13.5. The third-order valence-corrected chi connectivity index (χ3v) is 7.32. The lowest BCUT2D eigenvalue weighted by Crippen LogP contribution is -2.41. The molecule has 0 bridgehead atoms. The molecule has 32 heavy (non-hydrogen) atoms. The number of amides is 1. The number of aliphatic hydroxyl groups excluding tert-OH is 1. The third-order valence-electron chi connectivity index (χ3n) is 7.32. The molecule has 172 valence electrons. The van der Waals surface area contributed by atoms with Gasteiger partial charge in [-0.25, -0.2) is 4.39 Å². The van der Waals surface area contributed by atoms with Crippen LogP contribution < -0.4 is 5.32 Å². The van der Waals surface area contributed by atoms with E-state index in [2.05, 4.69) is 17.4 Å². The maximum absolute atomic E-state index is 13.5. The molecule has 4 rings (SSSR count). The lowest BCUT2D eigenvalue weighted by molar-refractivity contribution is -0.132. The number of nitrogens with zero attached hydrogens (tertiary/aromatic N) is 1. The van der Waals surface area contributed by atoms with Crippen molar-refractivity contribution in [3.63, 3.8) is 0 Å². The summed E-state index contributed by atoms with van der Waals surface area (Å²) in [6.07, 6.45) is 6.78. The second-order valence-electron chi connectivity index (χ2n) is 9.59. The van der Waals surface area contributed by atoms with Crippen LogP contribution in [-0.2, 0) is 11.3 Å². The van der Waals surface area contributed by atoms with E-state index in [1.54, 1.807) is 19.1 Å². The normalized spacial score (nSPS) is 26.6. The Bertz CT molecular complexity index is 882. The molecule has 2 aromatic carbocycles. The predicted octanol–water partition coefficient (Wildman–Crippen LogP) is 4.98. The molecule has 5 heteroatoms. The molecule has 1 saturated carbocycles. The Balaban J connectivity index is 1.25. The van der Waals surface area contributed by atoms with Crippen molar-refractivity contribution in [2.24, 2.45) is 5.92 Å². The standard InChI is InChI=1S/C27H35FN2O2/c1-19(31)30(18-21-6-3-2-4-7-21)25-13-10-20(11-14-25)16-24-12-15-26(29-24)27(32)22-8-5-9-23(28)17-22/h2-9,17,20,24-27,29,32H,10-16,18H2,1H3/t20?,24-,25?,26+,27+/m0/s1. The number of hydrogen-bond acceptors (Lipinski definition) is 3. The van der Waals surface area contributed by atoms with Crippen LogP contribution in [0.3, 0.4) is 0 Å². The monoisotopic (exact) mass is 438 g/mol. The summed E-state index contributed by atoms with van der Waals surface area (Å²) in [6.45, 7) is 2.37. The van der Waals surface area contributed by atoms with Crippen LogP contribution in [-0.4, -0.2) is 34.0 Å². The van der Waals surface area contributed by atoms with Gasteiger partial charge in [-0.15, -0.1) is 0 Å². The summed E-state index contributed by atoms with van der Waals surface area (Å²) in [5.74, 6) is 0.503. The topological polar surface area (TPSA) is 52.6 Å². The molecule has 2 aliphatic rings. The lowest BCUT2D eigenvalue weighted by Gasteiger charge is -2.37. The van der Waals surface area contributed by atoms with Crippen molar-refractivity contribution < 1.29 is 14.3 Å². The van der Waals surface area contributed by atoms with Crippen molar-refractivity contribution in [1.29, 1.82) is 0 Å². The van der Waals surface area contributed by atoms with Gasteiger partial charge < -0.3 is 15.3 Å². The largest absolute Gasteiger partial charge is 0.387 e. The minimum absolute atomic E-state index is 0.0165. The molecule has 0 unspecified atom stereocenters. The van der Waals surface area contributed by atoms with E-state index in [1.165, 1.54) is 17.7 Å². The van der Waals surface area contributed by atoms with E-state index in [9.17, 15) is 14.3 Å². The van der Waals surface area contributed by atoms with E-state index in [0.29, 0.717) is 30.1 Å². The number of nitrogens with one attached hydrogen (secondary N) is 1. The quantitative estimate of drug-likeness (QED) is 0.641. The van der Waals surface area contributed by atoms with E-state index in [1.807, 2.05) is 23.1 Å². The summed E-state index contributed by atoms with van der Waals surface area (Å²) >= 11 is 0. The minimum atomic E-state index is -0.673. The zero-order valence-corrected chi connectivity index (χ0v) is 18.9. The zero-order valence-electron chi connectivity index (χ0n) is 18.9. The van der Waals surface area contributed by atoms with E-state index in [4.69, 9.17) is 0 Å². The molecule has 2 fully saturated rings. The van der Waals surface area contributed by atoms with Gasteiger partial charge >= 0.3 is 0 Å². The van der Waals surface area contributed by atoms with E-state index >= 15 is 0 Å². The molecule has 2 aromatic rings. The molecule has 3 atom stereocenters. The van der Waals surface area contributed by atoms with Crippen LogP contribution >= 0.6 is 0 Å². The van der Waals surface area contributed by atoms with Gasteiger partial charge in [0.25, 0.3) is 0 Å². The van der Waals surface area contributed by atoms with Crippen molar-refractivity contribution in [3.8, 4) is 0 Å². The Kier molecular flexibility index (Phi) is 7.59. The average molecular weight is 439 g/mol. The van der Waals surface area contributed by atoms with Gasteiger partial charge in [0.15, 0.2) is 0 Å². The SMILES string of the molecule is CC(=O)N(Cc1ccccc1)C1CCC(C[C@@H]2CC[C@H]([C@H](O)c3cccc(F)c3)N2)CC1. The Morgan fingerprint density at radius 3 is 2.50 bits per heavy atom. The van der Waals surface area contributed by atoms with Crippen LogP contribution in [0.4, 0.5) is 4.39 Å². The number of hydrogen-bond donors (Lipinski definition) is 2. The zero-order chi connectivity index (χ0) is 22.5. The molecule has 0 aromatic heterocycles. The summed E-state index contributed by atoms with van der Waals surface area (Å²) in [5, 5.41) is 14.3. The van der Waals surface area contributed by atoms with Crippen LogP contribution in [0.25, 0.3) is 0 Å². The second kappa shape index (κ2) is 10.6. The van der Waals surface area contributed by atoms with Crippen molar-refractivity contribution >= 4 is 5.91 Å². The van der Waals surface area contributed by atoms with Crippen LogP contribution in [0, 0.1) is 11.7 Å². The fourth-order valence-electron chi connectivity index (χ4n) is 5.58. The fourth-order valence-corrected chi connectivity index (χ4v) is 5.58. The molecule has 1 heterocycles. The van der Waals surface area contributed by atoms with Gasteiger partial charge in [0, 0.05) is 31.6 Å². The van der Waals surface area contributed by atoms with Crippen LogP contribution in [0.1, 0.15) is 69.1 Å². The van der Waals surface area contributed by atoms with Gasteiger partial charge in [-0.2, -0.15) is 0 Å². The fraction of sp³-hybridized carbons (Fsp3) is 0.519. The first kappa shape index (κ1) is 22.9. The van der Waals surface area contributed by atoms with Gasteiger partial charge in [-0.05, 0) is 74.1 Å². The number of rotatable bonds is 7. The van der Waals surface area contributed by atoms with Gasteiger partial charge in [-0.3, -0.25) is 4.79 Å². The summed E-state index contributed by atoms with van der Waals surface area (Å²) in [6, 6.07) is 17.2. The van der Waals surface area contributed by atoms with Crippen LogP contribution in [0.5, 0.6) is 0 Å². The number of benzene rings is 2. The molecule has 1 aliphatic carbocycles. The molecule has 1 amide bonds. The van der Waals surface area contributed by atoms with E-state index in [-0.39, 0.29) is 17.8 Å². The first-order valence-corrected chi connectivity index (χ1v) is 12.0. The summed E-state index contributed by atoms with van der Waals surface area (Å²) in [4.78, 5) is 14.4. The van der Waals surface area contributed by atoms with Crippen molar-refractivity contribution in [2.75, 3.05) is 0 Å². The summed E-state index contributed by atoms with van der Waals surface area (Å²) in [7, 11) is 0. The molecular formula is C27H35FN2O2. The second-order valence-corrected chi connectivity index (χ2v) is 9.59. The number of carbonyl (C=O) groups excluding carboxylic acids is 1. The predicted molar refractivity (Wildman–Crippen MR) is 124 cm³/mol. The van der Waals surface area contributed by atoms with E-state index in [0.717, 1.165) is 44.9 Å². The molecule has 0 radical (unpaired) electrons.